The number of carbonyl (C=O) groups excluding carboxylic acids is 1. The molecule has 1 aromatic carbocycles. The van der Waals surface area contributed by atoms with E-state index in [4.69, 9.17) is 0 Å². The van der Waals surface area contributed by atoms with Crippen molar-refractivity contribution >= 4 is 5.78 Å². The van der Waals surface area contributed by atoms with Gasteiger partial charge in [-0.25, -0.2) is 0 Å². The van der Waals surface area contributed by atoms with E-state index in [1.54, 1.807) is 6.92 Å². The SMILES string of the molecule is CCc1ccc(CN(C)CCCC(C)=O)cc1. The fraction of sp³-hybridized carbons (Fsp3) is 0.533. The number of nitrogens with zero attached hydrogens (tertiary/aromatic N) is 1. The highest BCUT2D eigenvalue weighted by molar-refractivity contribution is 5.75. The van der Waals surface area contributed by atoms with Gasteiger partial charge < -0.3 is 9.69 Å². The Morgan fingerprint density at radius 1 is 1.18 bits per heavy atom. The van der Waals surface area contributed by atoms with E-state index in [1.807, 2.05) is 0 Å². The Hall–Kier alpha value is -1.15. The van der Waals surface area contributed by atoms with Gasteiger partial charge in [-0.05, 0) is 44.5 Å². The van der Waals surface area contributed by atoms with Crippen molar-refractivity contribution in [3.8, 4) is 0 Å². The molecule has 1 aromatic rings. The van der Waals surface area contributed by atoms with Crippen LogP contribution in [0.2, 0.25) is 0 Å². The zero-order valence-corrected chi connectivity index (χ0v) is 11.2. The minimum atomic E-state index is 0.283. The molecule has 1 rings (SSSR count). The lowest BCUT2D eigenvalue weighted by Crippen LogP contribution is -2.19. The molecule has 0 unspecified atom stereocenters. The highest BCUT2D eigenvalue weighted by atomic mass is 16.1. The molecular weight excluding hydrogens is 210 g/mol. The van der Waals surface area contributed by atoms with Crippen molar-refractivity contribution in [3.05, 3.63) is 35.4 Å². The average molecular weight is 233 g/mol. The van der Waals surface area contributed by atoms with Crippen LogP contribution >= 0.6 is 0 Å². The Bertz CT molecular complexity index is 342. The van der Waals surface area contributed by atoms with Crippen LogP contribution in [0.3, 0.4) is 0 Å². The molecule has 2 nitrogen and oxygen atoms in total. The molecule has 0 saturated heterocycles. The number of hydrogen-bond acceptors (Lipinski definition) is 2. The van der Waals surface area contributed by atoms with Crippen molar-refractivity contribution in [2.24, 2.45) is 0 Å². The van der Waals surface area contributed by atoms with Gasteiger partial charge >= 0.3 is 0 Å². The quantitative estimate of drug-likeness (QED) is 0.721. The molecule has 94 valence electrons. The highest BCUT2D eigenvalue weighted by Gasteiger charge is 2.01. The normalized spacial score (nSPS) is 10.8. The molecule has 0 radical (unpaired) electrons. The number of benzene rings is 1. The number of Topliss-reactive ketones (excluding diaryl/α,β-unsaturated/α-hetero) is 1. The molecule has 0 aliphatic carbocycles. The van der Waals surface area contributed by atoms with Crippen molar-refractivity contribution < 1.29 is 4.79 Å². The summed E-state index contributed by atoms with van der Waals surface area (Å²) in [5.74, 6) is 0.283. The fourth-order valence-corrected chi connectivity index (χ4v) is 1.87. The van der Waals surface area contributed by atoms with Crippen molar-refractivity contribution in [2.75, 3.05) is 13.6 Å². The second-order valence-electron chi connectivity index (χ2n) is 4.71. The van der Waals surface area contributed by atoms with E-state index in [2.05, 4.69) is 43.1 Å². The number of hydrogen-bond donors (Lipinski definition) is 0. The van der Waals surface area contributed by atoms with Crippen LogP contribution in [-0.4, -0.2) is 24.3 Å². The molecule has 0 spiro atoms. The fourth-order valence-electron chi connectivity index (χ4n) is 1.87. The van der Waals surface area contributed by atoms with E-state index < -0.39 is 0 Å². The van der Waals surface area contributed by atoms with E-state index in [1.165, 1.54) is 11.1 Å². The molecule has 0 atom stereocenters. The van der Waals surface area contributed by atoms with Crippen molar-refractivity contribution in [1.82, 2.24) is 4.90 Å². The lowest BCUT2D eigenvalue weighted by molar-refractivity contribution is -0.117. The molecule has 17 heavy (non-hydrogen) atoms. The zero-order chi connectivity index (χ0) is 12.7. The first kappa shape index (κ1) is 13.9. The molecule has 0 aliphatic rings. The first-order valence-electron chi connectivity index (χ1n) is 6.37. The molecule has 0 heterocycles. The first-order chi connectivity index (χ1) is 8.11. The standard InChI is InChI=1S/C15H23NO/c1-4-14-7-9-15(10-8-14)12-16(3)11-5-6-13(2)17/h7-10H,4-6,11-12H2,1-3H3. The van der Waals surface area contributed by atoms with Gasteiger partial charge in [-0.1, -0.05) is 31.2 Å². The summed E-state index contributed by atoms with van der Waals surface area (Å²) in [5, 5.41) is 0. The number of carbonyl (C=O) groups is 1. The summed E-state index contributed by atoms with van der Waals surface area (Å²) < 4.78 is 0. The lowest BCUT2D eigenvalue weighted by atomic mass is 10.1. The summed E-state index contributed by atoms with van der Waals surface area (Å²) in [6.07, 6.45) is 2.74. The third-order valence-corrected chi connectivity index (χ3v) is 2.95. The molecule has 0 aliphatic heterocycles. The average Bonchev–Trinajstić information content (AvgIpc) is 2.29. The smallest absolute Gasteiger partial charge is 0.129 e. The van der Waals surface area contributed by atoms with Gasteiger partial charge in [-0.2, -0.15) is 0 Å². The third-order valence-electron chi connectivity index (χ3n) is 2.95. The molecule has 0 saturated carbocycles. The first-order valence-corrected chi connectivity index (χ1v) is 6.37. The van der Waals surface area contributed by atoms with Crippen LogP contribution in [0.1, 0.15) is 37.8 Å². The number of aryl methyl sites for hydroxylation is 1. The highest BCUT2D eigenvalue weighted by Crippen LogP contribution is 2.07. The Kier molecular flexibility index (Phi) is 5.92. The van der Waals surface area contributed by atoms with Crippen LogP contribution in [0.4, 0.5) is 0 Å². The second kappa shape index (κ2) is 7.23. The molecule has 0 amide bonds. The predicted octanol–water partition coefficient (Wildman–Crippen LogP) is 3.05. The molecule has 0 N–H and O–H groups in total. The van der Waals surface area contributed by atoms with Crippen LogP contribution in [0.5, 0.6) is 0 Å². The largest absolute Gasteiger partial charge is 0.302 e. The maximum atomic E-state index is 10.8. The van der Waals surface area contributed by atoms with Gasteiger partial charge in [-0.15, -0.1) is 0 Å². The molecular formula is C15H23NO. The van der Waals surface area contributed by atoms with Gasteiger partial charge in [0.1, 0.15) is 5.78 Å². The van der Waals surface area contributed by atoms with Crippen LogP contribution in [0, 0.1) is 0 Å². The maximum Gasteiger partial charge on any atom is 0.129 e. The van der Waals surface area contributed by atoms with Crippen molar-refractivity contribution in [3.63, 3.8) is 0 Å². The van der Waals surface area contributed by atoms with Crippen molar-refractivity contribution in [1.29, 1.82) is 0 Å². The summed E-state index contributed by atoms with van der Waals surface area (Å²) in [7, 11) is 2.11. The Balaban J connectivity index is 2.34. The topological polar surface area (TPSA) is 20.3 Å². The van der Waals surface area contributed by atoms with Gasteiger partial charge in [0.15, 0.2) is 0 Å². The Morgan fingerprint density at radius 3 is 2.29 bits per heavy atom. The van der Waals surface area contributed by atoms with Gasteiger partial charge in [-0.3, -0.25) is 0 Å². The van der Waals surface area contributed by atoms with E-state index in [-0.39, 0.29) is 5.78 Å². The number of rotatable bonds is 7. The summed E-state index contributed by atoms with van der Waals surface area (Å²) in [5.41, 5.74) is 2.72. The summed E-state index contributed by atoms with van der Waals surface area (Å²) >= 11 is 0. The van der Waals surface area contributed by atoms with E-state index >= 15 is 0 Å². The van der Waals surface area contributed by atoms with Crippen molar-refractivity contribution in [2.45, 2.75) is 39.7 Å². The third kappa shape index (κ3) is 5.64. The molecule has 0 aromatic heterocycles. The van der Waals surface area contributed by atoms with Crippen LogP contribution in [-0.2, 0) is 17.8 Å². The zero-order valence-electron chi connectivity index (χ0n) is 11.2. The Labute approximate surface area is 105 Å². The van der Waals surface area contributed by atoms with Crippen LogP contribution in [0.25, 0.3) is 0 Å². The second-order valence-corrected chi connectivity index (χ2v) is 4.71. The lowest BCUT2D eigenvalue weighted by Gasteiger charge is -2.16. The van der Waals surface area contributed by atoms with E-state index in [0.717, 1.165) is 25.9 Å². The molecule has 2 heteroatoms. The van der Waals surface area contributed by atoms with E-state index in [9.17, 15) is 4.79 Å². The van der Waals surface area contributed by atoms with Crippen LogP contribution < -0.4 is 0 Å². The number of ketones is 1. The Morgan fingerprint density at radius 2 is 1.76 bits per heavy atom. The summed E-state index contributed by atoms with van der Waals surface area (Å²) in [4.78, 5) is 13.1. The van der Waals surface area contributed by atoms with Crippen LogP contribution in [0.15, 0.2) is 24.3 Å². The predicted molar refractivity (Wildman–Crippen MR) is 72.1 cm³/mol. The molecule has 0 fully saturated rings. The van der Waals surface area contributed by atoms with Gasteiger partial charge in [0.2, 0.25) is 0 Å². The molecule has 0 bridgehead atoms. The monoisotopic (exact) mass is 233 g/mol. The van der Waals surface area contributed by atoms with E-state index in [0.29, 0.717) is 6.42 Å². The van der Waals surface area contributed by atoms with Gasteiger partial charge in [0.25, 0.3) is 0 Å². The van der Waals surface area contributed by atoms with Gasteiger partial charge in [0.05, 0.1) is 0 Å². The minimum absolute atomic E-state index is 0.283. The minimum Gasteiger partial charge on any atom is -0.302 e. The van der Waals surface area contributed by atoms with Gasteiger partial charge in [0, 0.05) is 13.0 Å². The summed E-state index contributed by atoms with van der Waals surface area (Å²) in [6, 6.07) is 8.78. The maximum absolute atomic E-state index is 10.8. The summed E-state index contributed by atoms with van der Waals surface area (Å²) in [6.45, 7) is 5.77.